The van der Waals surface area contributed by atoms with Crippen molar-refractivity contribution in [1.82, 2.24) is 14.7 Å². The van der Waals surface area contributed by atoms with E-state index in [1.165, 1.54) is 0 Å². The Hall–Kier alpha value is -1.62. The fraction of sp³-hybridized carbons (Fsp3) is 0.833. The van der Waals surface area contributed by atoms with Crippen LogP contribution in [-0.4, -0.2) is 76.8 Å². The first-order valence-electron chi connectivity index (χ1n) is 12.5. The van der Waals surface area contributed by atoms with Gasteiger partial charge in [-0.15, -0.1) is 0 Å². The third-order valence-electron chi connectivity index (χ3n) is 7.12. The molecule has 34 heavy (non-hydrogen) atoms. The monoisotopic (exact) mass is 477 g/mol. The number of aromatic nitrogens is 2. The summed E-state index contributed by atoms with van der Waals surface area (Å²) in [6.07, 6.45) is 6.79. The van der Waals surface area contributed by atoms with E-state index in [9.17, 15) is 4.79 Å². The molecule has 4 rings (SSSR count). The van der Waals surface area contributed by atoms with Crippen molar-refractivity contribution < 1.29 is 28.3 Å². The van der Waals surface area contributed by atoms with Crippen molar-refractivity contribution in [2.75, 3.05) is 19.7 Å². The van der Waals surface area contributed by atoms with Gasteiger partial charge in [-0.1, -0.05) is 0 Å². The van der Waals surface area contributed by atoms with Crippen molar-refractivity contribution in [3.8, 4) is 0 Å². The van der Waals surface area contributed by atoms with E-state index in [0.717, 1.165) is 31.3 Å². The minimum absolute atomic E-state index is 0.132. The van der Waals surface area contributed by atoms with Crippen molar-refractivity contribution >= 4 is 18.7 Å². The molecule has 0 aliphatic carbocycles. The number of amides is 1. The molecule has 3 saturated heterocycles. The average molecular weight is 477 g/mol. The number of ether oxygens (including phenoxy) is 3. The number of hydrogen-bond donors (Lipinski definition) is 0. The molecule has 3 unspecified atom stereocenters. The third-order valence-corrected chi connectivity index (χ3v) is 7.12. The van der Waals surface area contributed by atoms with Gasteiger partial charge < -0.3 is 28.4 Å². The van der Waals surface area contributed by atoms with Crippen LogP contribution in [0.25, 0.3) is 0 Å². The van der Waals surface area contributed by atoms with Crippen molar-refractivity contribution in [2.45, 2.75) is 109 Å². The van der Waals surface area contributed by atoms with Gasteiger partial charge in [0.1, 0.15) is 5.60 Å². The van der Waals surface area contributed by atoms with Gasteiger partial charge in [0.2, 0.25) is 0 Å². The minimum Gasteiger partial charge on any atom is -0.444 e. The zero-order valence-electron chi connectivity index (χ0n) is 21.7. The molecule has 1 aromatic heterocycles. The van der Waals surface area contributed by atoms with Crippen LogP contribution in [0.3, 0.4) is 0 Å². The Kier molecular flexibility index (Phi) is 7.08. The second-order valence-corrected chi connectivity index (χ2v) is 11.6. The first kappa shape index (κ1) is 25.5. The van der Waals surface area contributed by atoms with Crippen LogP contribution in [0.4, 0.5) is 4.79 Å². The van der Waals surface area contributed by atoms with E-state index in [1.807, 2.05) is 59.3 Å². The van der Waals surface area contributed by atoms with Crippen molar-refractivity contribution in [2.24, 2.45) is 0 Å². The molecule has 3 aliphatic rings. The van der Waals surface area contributed by atoms with E-state index >= 15 is 0 Å². The minimum atomic E-state index is -0.550. The Morgan fingerprint density at radius 2 is 1.85 bits per heavy atom. The predicted octanol–water partition coefficient (Wildman–Crippen LogP) is 3.28. The van der Waals surface area contributed by atoms with Crippen LogP contribution < -0.4 is 5.46 Å². The summed E-state index contributed by atoms with van der Waals surface area (Å²) < 4.78 is 32.2. The molecule has 0 N–H and O–H groups in total. The normalized spacial score (nSPS) is 29.3. The van der Waals surface area contributed by atoms with Crippen LogP contribution in [0.1, 0.15) is 80.2 Å². The smallest absolute Gasteiger partial charge is 0.444 e. The fourth-order valence-electron chi connectivity index (χ4n) is 4.46. The molecule has 1 aromatic rings. The maximum atomic E-state index is 12.8. The molecule has 3 fully saturated rings. The molecule has 0 bridgehead atoms. The lowest BCUT2D eigenvalue weighted by Crippen LogP contribution is -2.50. The van der Waals surface area contributed by atoms with Gasteiger partial charge in [-0.3, -0.25) is 4.68 Å². The van der Waals surface area contributed by atoms with E-state index in [0.29, 0.717) is 19.5 Å². The van der Waals surface area contributed by atoms with Crippen LogP contribution in [-0.2, 0) is 23.5 Å². The van der Waals surface area contributed by atoms with Gasteiger partial charge in [-0.2, -0.15) is 5.10 Å². The first-order valence-corrected chi connectivity index (χ1v) is 12.5. The molecular formula is C24H40BN3O6. The zero-order chi connectivity index (χ0) is 24.7. The standard InChI is InChI=1S/C24H40BN3O6/c1-22(2,3)32-21(29)27-12-11-19(31-20-10-8-9-13-30-20)18(16-27)28-15-17(14-26-28)25-33-23(4,5)24(6,7)34-25/h14-15,18-20H,8-13,16H2,1-7H3. The summed E-state index contributed by atoms with van der Waals surface area (Å²) in [5.74, 6) is 0. The summed E-state index contributed by atoms with van der Waals surface area (Å²) in [7, 11) is -0.495. The average Bonchev–Trinajstić information content (AvgIpc) is 3.30. The fourth-order valence-corrected chi connectivity index (χ4v) is 4.46. The molecule has 9 nitrogen and oxygen atoms in total. The Labute approximate surface area is 203 Å². The molecule has 0 radical (unpaired) electrons. The van der Waals surface area contributed by atoms with Crippen molar-refractivity contribution in [1.29, 1.82) is 0 Å². The summed E-state index contributed by atoms with van der Waals surface area (Å²) in [5.41, 5.74) is -0.559. The Balaban J connectivity index is 1.52. The molecule has 0 aromatic carbocycles. The van der Waals surface area contributed by atoms with E-state index in [1.54, 1.807) is 11.1 Å². The summed E-state index contributed by atoms with van der Waals surface area (Å²) in [6, 6.07) is -0.178. The van der Waals surface area contributed by atoms with Gasteiger partial charge in [-0.25, -0.2) is 4.79 Å². The van der Waals surface area contributed by atoms with Crippen LogP contribution in [0.5, 0.6) is 0 Å². The highest BCUT2D eigenvalue weighted by molar-refractivity contribution is 6.62. The number of rotatable bonds is 4. The lowest BCUT2D eigenvalue weighted by atomic mass is 9.82. The Bertz CT molecular complexity index is 845. The molecule has 3 aliphatic heterocycles. The van der Waals surface area contributed by atoms with Crippen LogP contribution in [0.15, 0.2) is 12.4 Å². The van der Waals surface area contributed by atoms with Crippen LogP contribution in [0, 0.1) is 0 Å². The number of carbonyl (C=O) groups is 1. The SMILES string of the molecule is CC(C)(C)OC(=O)N1CCC(OC2CCCCO2)C(n2cc(B3OC(C)(C)C(C)(C)O3)cn2)C1. The molecule has 3 atom stereocenters. The molecule has 4 heterocycles. The number of hydrogen-bond acceptors (Lipinski definition) is 7. The van der Waals surface area contributed by atoms with Gasteiger partial charge in [0.05, 0.1) is 23.3 Å². The van der Waals surface area contributed by atoms with Crippen molar-refractivity contribution in [3.05, 3.63) is 12.4 Å². The van der Waals surface area contributed by atoms with Crippen LogP contribution in [0.2, 0.25) is 0 Å². The summed E-state index contributed by atoms with van der Waals surface area (Å²) in [5, 5.41) is 4.65. The molecule has 1 amide bonds. The second kappa shape index (κ2) is 9.45. The molecule has 10 heteroatoms. The summed E-state index contributed by atoms with van der Waals surface area (Å²) >= 11 is 0. The highest BCUT2D eigenvalue weighted by Crippen LogP contribution is 2.36. The van der Waals surface area contributed by atoms with E-state index < -0.39 is 23.9 Å². The quantitative estimate of drug-likeness (QED) is 0.616. The molecular weight excluding hydrogens is 437 g/mol. The van der Waals surface area contributed by atoms with Gasteiger partial charge in [-0.05, 0) is 74.1 Å². The van der Waals surface area contributed by atoms with Crippen molar-refractivity contribution in [3.63, 3.8) is 0 Å². The first-order chi connectivity index (χ1) is 15.8. The number of piperidine rings is 1. The number of likely N-dealkylation sites (tertiary alicyclic amines) is 1. The largest absolute Gasteiger partial charge is 0.498 e. The highest BCUT2D eigenvalue weighted by Gasteiger charge is 2.52. The lowest BCUT2D eigenvalue weighted by Gasteiger charge is -2.40. The van der Waals surface area contributed by atoms with E-state index in [2.05, 4.69) is 5.10 Å². The van der Waals surface area contributed by atoms with Gasteiger partial charge in [0.15, 0.2) is 6.29 Å². The van der Waals surface area contributed by atoms with Crippen LogP contribution >= 0.6 is 0 Å². The molecule has 0 spiro atoms. The number of carbonyl (C=O) groups excluding carboxylic acids is 1. The predicted molar refractivity (Wildman–Crippen MR) is 128 cm³/mol. The van der Waals surface area contributed by atoms with Gasteiger partial charge >= 0.3 is 13.2 Å². The Morgan fingerprint density at radius 1 is 1.15 bits per heavy atom. The topological polar surface area (TPSA) is 84.3 Å². The maximum absolute atomic E-state index is 12.8. The third kappa shape index (κ3) is 5.61. The van der Waals surface area contributed by atoms with Gasteiger partial charge in [0, 0.05) is 37.6 Å². The molecule has 190 valence electrons. The number of nitrogens with zero attached hydrogens (tertiary/aromatic N) is 3. The molecule has 0 saturated carbocycles. The highest BCUT2D eigenvalue weighted by atomic mass is 16.7. The maximum Gasteiger partial charge on any atom is 0.498 e. The Morgan fingerprint density at radius 3 is 2.47 bits per heavy atom. The van der Waals surface area contributed by atoms with Gasteiger partial charge in [0.25, 0.3) is 0 Å². The van der Waals surface area contributed by atoms with E-state index in [-0.39, 0.29) is 24.5 Å². The zero-order valence-corrected chi connectivity index (χ0v) is 21.7. The summed E-state index contributed by atoms with van der Waals surface area (Å²) in [6.45, 7) is 15.5. The summed E-state index contributed by atoms with van der Waals surface area (Å²) in [4.78, 5) is 14.6. The second-order valence-electron chi connectivity index (χ2n) is 11.6. The van der Waals surface area contributed by atoms with E-state index in [4.69, 9.17) is 23.5 Å². The lowest BCUT2D eigenvalue weighted by molar-refractivity contribution is -0.204.